The Morgan fingerprint density at radius 1 is 1.27 bits per heavy atom. The van der Waals surface area contributed by atoms with Gasteiger partial charge in [0.25, 0.3) is 0 Å². The Balaban J connectivity index is 1.85. The molecular formula is C18H29NO3. The monoisotopic (exact) mass is 307 g/mol. The molecule has 0 aromatic heterocycles. The van der Waals surface area contributed by atoms with Gasteiger partial charge in [0, 0.05) is 19.2 Å². The number of rotatable bonds is 7. The van der Waals surface area contributed by atoms with Crippen molar-refractivity contribution in [2.45, 2.75) is 51.7 Å². The predicted octanol–water partition coefficient (Wildman–Crippen LogP) is 2.28. The Morgan fingerprint density at radius 2 is 2.00 bits per heavy atom. The van der Waals surface area contributed by atoms with Crippen LogP contribution in [0.1, 0.15) is 36.8 Å². The molecule has 0 bridgehead atoms. The zero-order valence-electron chi connectivity index (χ0n) is 13.8. The second kappa shape index (κ2) is 8.51. The van der Waals surface area contributed by atoms with Crippen LogP contribution < -0.4 is 4.74 Å². The van der Waals surface area contributed by atoms with Crippen molar-refractivity contribution in [2.75, 3.05) is 26.3 Å². The van der Waals surface area contributed by atoms with Crippen molar-refractivity contribution in [3.63, 3.8) is 0 Å². The molecule has 1 saturated heterocycles. The van der Waals surface area contributed by atoms with Crippen molar-refractivity contribution < 1.29 is 14.9 Å². The van der Waals surface area contributed by atoms with Crippen LogP contribution in [-0.4, -0.2) is 53.6 Å². The number of ether oxygens (including phenoxy) is 1. The lowest BCUT2D eigenvalue weighted by atomic mass is 9.99. The van der Waals surface area contributed by atoms with Crippen LogP contribution in [0.2, 0.25) is 0 Å². The van der Waals surface area contributed by atoms with Gasteiger partial charge in [0.15, 0.2) is 0 Å². The molecule has 2 N–H and O–H groups in total. The van der Waals surface area contributed by atoms with E-state index in [1.54, 1.807) is 0 Å². The van der Waals surface area contributed by atoms with Crippen molar-refractivity contribution in [1.82, 2.24) is 4.90 Å². The Labute approximate surface area is 133 Å². The van der Waals surface area contributed by atoms with E-state index in [1.807, 2.05) is 32.0 Å². The Hall–Kier alpha value is -1.10. The molecule has 4 heteroatoms. The van der Waals surface area contributed by atoms with E-state index in [-0.39, 0.29) is 6.61 Å². The molecule has 0 saturated carbocycles. The van der Waals surface area contributed by atoms with Crippen molar-refractivity contribution in [3.8, 4) is 5.75 Å². The predicted molar refractivity (Wildman–Crippen MR) is 88.3 cm³/mol. The van der Waals surface area contributed by atoms with E-state index in [0.29, 0.717) is 19.2 Å². The van der Waals surface area contributed by atoms with Gasteiger partial charge in [0.05, 0.1) is 0 Å². The van der Waals surface area contributed by atoms with Gasteiger partial charge < -0.3 is 14.9 Å². The number of aliphatic hydroxyl groups is 2. The minimum atomic E-state index is -0.502. The number of likely N-dealkylation sites (tertiary alicyclic amines) is 1. The van der Waals surface area contributed by atoms with Gasteiger partial charge in [-0.1, -0.05) is 24.6 Å². The maximum atomic E-state index is 10.3. The first-order valence-corrected chi connectivity index (χ1v) is 8.33. The van der Waals surface area contributed by atoms with Crippen LogP contribution in [0.15, 0.2) is 18.2 Å². The first kappa shape index (κ1) is 17.3. The van der Waals surface area contributed by atoms with Gasteiger partial charge in [-0.2, -0.15) is 0 Å². The number of β-amino-alcohol motifs (C(OH)–C–C–N with tert-alkyl or cyclic N) is 1. The zero-order chi connectivity index (χ0) is 15.9. The van der Waals surface area contributed by atoms with E-state index in [2.05, 4.69) is 4.90 Å². The number of hydrogen-bond acceptors (Lipinski definition) is 4. The zero-order valence-corrected chi connectivity index (χ0v) is 13.8. The highest BCUT2D eigenvalue weighted by molar-refractivity contribution is 5.39. The normalized spacial score (nSPS) is 20.8. The fraction of sp³-hybridized carbons (Fsp3) is 0.667. The van der Waals surface area contributed by atoms with Gasteiger partial charge in [-0.25, -0.2) is 0 Å². The van der Waals surface area contributed by atoms with Crippen LogP contribution in [0.25, 0.3) is 0 Å². The summed E-state index contributed by atoms with van der Waals surface area (Å²) in [5.41, 5.74) is 2.20. The van der Waals surface area contributed by atoms with E-state index >= 15 is 0 Å². The summed E-state index contributed by atoms with van der Waals surface area (Å²) in [5.74, 6) is 0.882. The third-order valence-electron chi connectivity index (χ3n) is 4.49. The quantitative estimate of drug-likeness (QED) is 0.811. The van der Waals surface area contributed by atoms with Crippen LogP contribution in [-0.2, 0) is 0 Å². The van der Waals surface area contributed by atoms with Gasteiger partial charge in [0.2, 0.25) is 0 Å². The smallest absolute Gasteiger partial charge is 0.125 e. The van der Waals surface area contributed by atoms with E-state index in [4.69, 9.17) is 9.84 Å². The Kier molecular flexibility index (Phi) is 6.68. The maximum absolute atomic E-state index is 10.3. The number of piperidine rings is 1. The van der Waals surface area contributed by atoms with Crippen LogP contribution in [0, 0.1) is 13.8 Å². The van der Waals surface area contributed by atoms with E-state index in [9.17, 15) is 5.11 Å². The first-order valence-electron chi connectivity index (χ1n) is 8.33. The minimum absolute atomic E-state index is 0.218. The largest absolute Gasteiger partial charge is 0.490 e. The number of aryl methyl sites for hydroxylation is 2. The van der Waals surface area contributed by atoms with E-state index in [1.165, 1.54) is 12.8 Å². The molecule has 0 amide bonds. The number of hydrogen-bond donors (Lipinski definition) is 2. The standard InChI is InChI=1S/C18H29NO3/c1-14-6-5-7-15(2)18(14)22-13-17(21)12-19-10-4-3-8-16(19)9-11-20/h5-7,16-17,20-21H,3-4,8-13H2,1-2H3. The topological polar surface area (TPSA) is 52.9 Å². The second-order valence-corrected chi connectivity index (χ2v) is 6.34. The Bertz CT molecular complexity index is 441. The summed E-state index contributed by atoms with van der Waals surface area (Å²) in [6, 6.07) is 6.46. The molecule has 4 nitrogen and oxygen atoms in total. The molecule has 1 heterocycles. The molecule has 0 spiro atoms. The van der Waals surface area contributed by atoms with Crippen molar-refractivity contribution >= 4 is 0 Å². The van der Waals surface area contributed by atoms with Gasteiger partial charge >= 0.3 is 0 Å². The summed E-state index contributed by atoms with van der Waals surface area (Å²) in [5, 5.41) is 19.5. The summed E-state index contributed by atoms with van der Waals surface area (Å²) in [6.07, 6.45) is 3.80. The molecular weight excluding hydrogens is 278 g/mol. The second-order valence-electron chi connectivity index (χ2n) is 6.34. The minimum Gasteiger partial charge on any atom is -0.490 e. The number of benzene rings is 1. The highest BCUT2D eigenvalue weighted by Crippen LogP contribution is 2.23. The molecule has 1 aromatic carbocycles. The number of nitrogens with zero attached hydrogens (tertiary/aromatic N) is 1. The average molecular weight is 307 g/mol. The lowest BCUT2D eigenvalue weighted by molar-refractivity contribution is 0.0329. The van der Waals surface area contributed by atoms with Gasteiger partial charge in [0.1, 0.15) is 18.5 Å². The molecule has 2 rings (SSSR count). The molecule has 124 valence electrons. The molecule has 22 heavy (non-hydrogen) atoms. The lowest BCUT2D eigenvalue weighted by Gasteiger charge is -2.36. The number of para-hydroxylation sites is 1. The highest BCUT2D eigenvalue weighted by atomic mass is 16.5. The summed E-state index contributed by atoms with van der Waals surface area (Å²) >= 11 is 0. The Morgan fingerprint density at radius 3 is 2.68 bits per heavy atom. The molecule has 2 atom stereocenters. The number of aliphatic hydroxyl groups excluding tert-OH is 2. The van der Waals surface area contributed by atoms with E-state index < -0.39 is 6.10 Å². The molecule has 0 radical (unpaired) electrons. The first-order chi connectivity index (χ1) is 10.6. The third kappa shape index (κ3) is 4.70. The van der Waals surface area contributed by atoms with Crippen LogP contribution in [0.4, 0.5) is 0 Å². The maximum Gasteiger partial charge on any atom is 0.125 e. The third-order valence-corrected chi connectivity index (χ3v) is 4.49. The molecule has 2 unspecified atom stereocenters. The van der Waals surface area contributed by atoms with Crippen LogP contribution in [0.5, 0.6) is 5.75 Å². The molecule has 1 aliphatic rings. The van der Waals surface area contributed by atoms with Crippen LogP contribution in [0.3, 0.4) is 0 Å². The molecule has 0 aliphatic carbocycles. The highest BCUT2D eigenvalue weighted by Gasteiger charge is 2.24. The molecule has 1 aromatic rings. The SMILES string of the molecule is Cc1cccc(C)c1OCC(O)CN1CCCCC1CCO. The van der Waals surface area contributed by atoms with Gasteiger partial charge in [-0.15, -0.1) is 0 Å². The average Bonchev–Trinajstić information content (AvgIpc) is 2.49. The van der Waals surface area contributed by atoms with Gasteiger partial charge in [-0.3, -0.25) is 4.90 Å². The summed E-state index contributed by atoms with van der Waals surface area (Å²) < 4.78 is 5.84. The summed E-state index contributed by atoms with van der Waals surface area (Å²) in [6.45, 7) is 6.21. The van der Waals surface area contributed by atoms with Crippen molar-refractivity contribution in [3.05, 3.63) is 29.3 Å². The van der Waals surface area contributed by atoms with Crippen molar-refractivity contribution in [1.29, 1.82) is 0 Å². The summed E-state index contributed by atoms with van der Waals surface area (Å²) in [4.78, 5) is 2.30. The van der Waals surface area contributed by atoms with Gasteiger partial charge in [-0.05, 0) is 50.8 Å². The fourth-order valence-corrected chi connectivity index (χ4v) is 3.31. The van der Waals surface area contributed by atoms with Crippen LogP contribution >= 0.6 is 0 Å². The fourth-order valence-electron chi connectivity index (χ4n) is 3.31. The molecule has 1 fully saturated rings. The molecule has 1 aliphatic heterocycles. The van der Waals surface area contributed by atoms with Crippen molar-refractivity contribution in [2.24, 2.45) is 0 Å². The summed E-state index contributed by atoms with van der Waals surface area (Å²) in [7, 11) is 0. The lowest BCUT2D eigenvalue weighted by Crippen LogP contribution is -2.45. The van der Waals surface area contributed by atoms with E-state index in [0.717, 1.165) is 36.3 Å².